The van der Waals surface area contributed by atoms with E-state index >= 15 is 0 Å². The van der Waals surface area contributed by atoms with E-state index in [1.165, 1.54) is 0 Å². The third-order valence-corrected chi connectivity index (χ3v) is 7.38. The lowest BCUT2D eigenvalue weighted by atomic mass is 9.96. The fraction of sp³-hybridized carbons (Fsp3) is 0.500. The van der Waals surface area contributed by atoms with Gasteiger partial charge in [0.2, 0.25) is 15.9 Å². The molecule has 8 nitrogen and oxygen atoms in total. The third kappa shape index (κ3) is 3.76. The van der Waals surface area contributed by atoms with Gasteiger partial charge in [-0.2, -0.15) is 9.82 Å². The van der Waals surface area contributed by atoms with Crippen LogP contribution in [0.25, 0.3) is 0 Å². The Kier molecular flexibility index (Phi) is 4.90. The lowest BCUT2D eigenvalue weighted by molar-refractivity contribution is -0.137. The van der Waals surface area contributed by atoms with Crippen LogP contribution in [0.5, 0.6) is 0 Å². The van der Waals surface area contributed by atoms with Crippen LogP contribution in [-0.4, -0.2) is 47.8 Å². The van der Waals surface area contributed by atoms with E-state index in [0.717, 1.165) is 11.4 Å². The second-order valence-corrected chi connectivity index (χ2v) is 9.80. The number of carbonyl (C=O) groups excluding carboxylic acids is 1. The number of likely N-dealkylation sites (tertiary alicyclic amines) is 1. The first-order valence-electron chi connectivity index (χ1n) is 9.90. The maximum Gasteiger partial charge on any atom is 0.244 e. The lowest BCUT2D eigenvalue weighted by Gasteiger charge is -2.46. The zero-order valence-corrected chi connectivity index (χ0v) is 17.8. The Bertz CT molecular complexity index is 1040. The van der Waals surface area contributed by atoms with Gasteiger partial charge in [-0.1, -0.05) is 19.1 Å². The van der Waals surface area contributed by atoms with E-state index in [9.17, 15) is 13.2 Å². The minimum atomic E-state index is -3.57. The number of piperidine rings is 1. The summed E-state index contributed by atoms with van der Waals surface area (Å²) < 4.78 is 30.0. The summed E-state index contributed by atoms with van der Waals surface area (Å²) in [6.45, 7) is 7.38. The average Bonchev–Trinajstić information content (AvgIpc) is 2.98. The summed E-state index contributed by atoms with van der Waals surface area (Å²) in [6.07, 6.45) is 1.03. The molecule has 2 N–H and O–H groups in total. The quantitative estimate of drug-likeness (QED) is 0.795. The highest BCUT2D eigenvalue weighted by Gasteiger charge is 2.44. The molecule has 1 spiro atoms. The van der Waals surface area contributed by atoms with Crippen molar-refractivity contribution < 1.29 is 13.2 Å². The first-order valence-corrected chi connectivity index (χ1v) is 11.4. The summed E-state index contributed by atoms with van der Waals surface area (Å²) in [5, 5.41) is 7.81. The van der Waals surface area contributed by atoms with Crippen LogP contribution in [-0.2, 0) is 21.4 Å². The minimum Gasteiger partial charge on any atom is -0.365 e. The Morgan fingerprint density at radius 1 is 1.24 bits per heavy atom. The number of nitrogens with zero attached hydrogens (tertiary/aromatic N) is 3. The molecule has 4 rings (SSSR count). The van der Waals surface area contributed by atoms with Gasteiger partial charge in [0.05, 0.1) is 23.8 Å². The molecule has 9 heteroatoms. The molecule has 1 amide bonds. The molecule has 0 unspecified atom stereocenters. The van der Waals surface area contributed by atoms with Crippen molar-refractivity contribution in [2.24, 2.45) is 5.92 Å². The Morgan fingerprint density at radius 3 is 2.59 bits per heavy atom. The Labute approximate surface area is 171 Å². The van der Waals surface area contributed by atoms with Gasteiger partial charge < -0.3 is 10.2 Å². The Morgan fingerprint density at radius 2 is 1.93 bits per heavy atom. The molecule has 0 aliphatic carbocycles. The van der Waals surface area contributed by atoms with Gasteiger partial charge in [0, 0.05) is 31.6 Å². The number of hydrogen-bond acceptors (Lipinski definition) is 5. The summed E-state index contributed by atoms with van der Waals surface area (Å²) in [6, 6.07) is 8.91. The number of anilines is 1. The van der Waals surface area contributed by atoms with Crippen LogP contribution in [0.2, 0.25) is 0 Å². The zero-order valence-electron chi connectivity index (χ0n) is 17.0. The SMILES string of the molecule is Cc1cc(C)n(C[C@@H](C)C(=O)N2CCC3(CC2)Nc2ccccc2S(=O)(=O)N3)n1. The van der Waals surface area contributed by atoms with E-state index in [2.05, 4.69) is 15.1 Å². The number of aromatic nitrogens is 2. The molecule has 1 atom stereocenters. The van der Waals surface area contributed by atoms with Crippen molar-refractivity contribution >= 4 is 21.6 Å². The molecule has 0 bridgehead atoms. The fourth-order valence-corrected chi connectivity index (χ4v) is 5.79. The van der Waals surface area contributed by atoms with E-state index in [1.54, 1.807) is 18.2 Å². The number of aryl methyl sites for hydroxylation is 2. The van der Waals surface area contributed by atoms with Crippen molar-refractivity contribution in [2.45, 2.75) is 50.7 Å². The number of nitrogens with one attached hydrogen (secondary N) is 2. The third-order valence-electron chi connectivity index (χ3n) is 5.78. The number of carbonyl (C=O) groups is 1. The predicted molar refractivity (Wildman–Crippen MR) is 110 cm³/mol. The van der Waals surface area contributed by atoms with Gasteiger partial charge in [0.15, 0.2) is 0 Å². The van der Waals surface area contributed by atoms with Crippen molar-refractivity contribution in [1.29, 1.82) is 0 Å². The molecule has 29 heavy (non-hydrogen) atoms. The number of fused-ring (bicyclic) bond motifs is 1. The number of rotatable bonds is 3. The van der Waals surface area contributed by atoms with Crippen LogP contribution in [0, 0.1) is 19.8 Å². The van der Waals surface area contributed by atoms with Crippen molar-refractivity contribution in [2.75, 3.05) is 18.4 Å². The molecular formula is C20H27N5O3S. The van der Waals surface area contributed by atoms with E-state index < -0.39 is 15.7 Å². The average molecular weight is 418 g/mol. The standard InChI is InChI=1S/C20H27N5O3S/c1-14(13-25-16(3)12-15(2)22-25)19(26)24-10-8-20(9-11-24)21-17-6-4-5-7-18(17)29(27,28)23-20/h4-7,12,14,21,23H,8-11,13H2,1-3H3/t14-/m1/s1. The normalized spacial score (nSPS) is 20.7. The molecule has 2 aliphatic heterocycles. The molecule has 0 saturated carbocycles. The molecule has 1 fully saturated rings. The topological polar surface area (TPSA) is 96.3 Å². The van der Waals surface area contributed by atoms with E-state index in [-0.39, 0.29) is 16.7 Å². The van der Waals surface area contributed by atoms with Crippen LogP contribution < -0.4 is 10.0 Å². The first-order chi connectivity index (χ1) is 13.7. The molecule has 2 aromatic rings. The molecule has 1 aromatic carbocycles. The van der Waals surface area contributed by atoms with E-state index in [4.69, 9.17) is 0 Å². The number of amides is 1. The van der Waals surface area contributed by atoms with Gasteiger partial charge in [-0.15, -0.1) is 0 Å². The molecule has 1 saturated heterocycles. The van der Waals surface area contributed by atoms with E-state index in [0.29, 0.717) is 38.2 Å². The molecule has 2 aliphatic rings. The zero-order chi connectivity index (χ0) is 20.8. The molecular weight excluding hydrogens is 390 g/mol. The summed E-state index contributed by atoms with van der Waals surface area (Å²) in [5.74, 6) is -0.120. The van der Waals surface area contributed by atoms with Crippen molar-refractivity contribution in [1.82, 2.24) is 19.4 Å². The van der Waals surface area contributed by atoms with E-state index in [1.807, 2.05) is 42.5 Å². The maximum atomic E-state index is 12.9. The van der Waals surface area contributed by atoms with Crippen LogP contribution in [0.3, 0.4) is 0 Å². The highest BCUT2D eigenvalue weighted by molar-refractivity contribution is 7.89. The number of para-hydroxylation sites is 1. The van der Waals surface area contributed by atoms with Crippen LogP contribution in [0.1, 0.15) is 31.2 Å². The Hall–Kier alpha value is -2.39. The molecule has 0 radical (unpaired) electrons. The second-order valence-electron chi connectivity index (χ2n) is 8.14. The van der Waals surface area contributed by atoms with Gasteiger partial charge in [0.1, 0.15) is 10.6 Å². The largest absolute Gasteiger partial charge is 0.365 e. The number of sulfonamides is 1. The Balaban J connectivity index is 1.43. The van der Waals surface area contributed by atoms with Gasteiger partial charge >= 0.3 is 0 Å². The minimum absolute atomic E-state index is 0.0754. The van der Waals surface area contributed by atoms with Gasteiger partial charge in [-0.3, -0.25) is 9.48 Å². The monoisotopic (exact) mass is 417 g/mol. The highest BCUT2D eigenvalue weighted by Crippen LogP contribution is 2.35. The van der Waals surface area contributed by atoms with Gasteiger partial charge in [-0.25, -0.2) is 8.42 Å². The molecule has 3 heterocycles. The summed E-state index contributed by atoms with van der Waals surface area (Å²) in [5.41, 5.74) is 1.85. The number of benzene rings is 1. The molecule has 1 aromatic heterocycles. The smallest absolute Gasteiger partial charge is 0.244 e. The van der Waals surface area contributed by atoms with Crippen molar-refractivity contribution in [3.05, 3.63) is 41.7 Å². The summed E-state index contributed by atoms with van der Waals surface area (Å²) >= 11 is 0. The van der Waals surface area contributed by atoms with Crippen molar-refractivity contribution in [3.63, 3.8) is 0 Å². The van der Waals surface area contributed by atoms with Crippen LogP contribution in [0.15, 0.2) is 35.2 Å². The second kappa shape index (κ2) is 7.14. The number of hydrogen-bond donors (Lipinski definition) is 2. The van der Waals surface area contributed by atoms with Crippen LogP contribution in [0.4, 0.5) is 5.69 Å². The summed E-state index contributed by atoms with van der Waals surface area (Å²) in [7, 11) is -3.57. The predicted octanol–water partition coefficient (Wildman–Crippen LogP) is 1.86. The van der Waals surface area contributed by atoms with Crippen LogP contribution >= 0.6 is 0 Å². The molecule has 156 valence electrons. The first kappa shape index (κ1) is 19.9. The maximum absolute atomic E-state index is 12.9. The van der Waals surface area contributed by atoms with Gasteiger partial charge in [-0.05, 0) is 32.0 Å². The van der Waals surface area contributed by atoms with Gasteiger partial charge in [0.25, 0.3) is 0 Å². The lowest BCUT2D eigenvalue weighted by Crippen LogP contribution is -2.62. The fourth-order valence-electron chi connectivity index (χ4n) is 4.24. The highest BCUT2D eigenvalue weighted by atomic mass is 32.2. The van der Waals surface area contributed by atoms with Crippen molar-refractivity contribution in [3.8, 4) is 0 Å². The summed E-state index contributed by atoms with van der Waals surface area (Å²) in [4.78, 5) is 15.0.